The zero-order chi connectivity index (χ0) is 20.2. The first kappa shape index (κ1) is 18.9. The van der Waals surface area contributed by atoms with Crippen molar-refractivity contribution in [2.45, 2.75) is 6.54 Å². The molecule has 4 heterocycles. The van der Waals surface area contributed by atoms with Gasteiger partial charge in [-0.25, -0.2) is 4.98 Å². The summed E-state index contributed by atoms with van der Waals surface area (Å²) in [6.45, 7) is 6.97. The molecule has 1 aromatic carbocycles. The predicted molar refractivity (Wildman–Crippen MR) is 113 cm³/mol. The molecule has 2 aliphatic rings. The van der Waals surface area contributed by atoms with E-state index in [4.69, 9.17) is 14.0 Å². The van der Waals surface area contributed by atoms with Crippen molar-refractivity contribution in [2.75, 3.05) is 51.0 Å². The molecule has 30 heavy (non-hydrogen) atoms. The standard InChI is InChI=1S/C22H25N5O3/c1-2-6-24-22(3-1)27-11-9-26(10-12-27)8-7-23-15-18-14-19(25-30-18)17-4-5-20-21(13-17)29-16-28-20/h1-6,13-14,23H,7-12,15-16H2. The van der Waals surface area contributed by atoms with E-state index in [0.717, 1.165) is 73.6 Å². The second-order valence-electron chi connectivity index (χ2n) is 7.44. The summed E-state index contributed by atoms with van der Waals surface area (Å²) in [7, 11) is 0. The average molecular weight is 407 g/mol. The van der Waals surface area contributed by atoms with Gasteiger partial charge in [-0.1, -0.05) is 11.2 Å². The second kappa shape index (κ2) is 8.73. The Kier molecular flexibility index (Phi) is 5.50. The molecular weight excluding hydrogens is 382 g/mol. The van der Waals surface area contributed by atoms with E-state index < -0.39 is 0 Å². The summed E-state index contributed by atoms with van der Waals surface area (Å²) < 4.78 is 16.3. The van der Waals surface area contributed by atoms with Crippen LogP contribution in [0.4, 0.5) is 5.82 Å². The van der Waals surface area contributed by atoms with Gasteiger partial charge in [-0.3, -0.25) is 4.90 Å². The Labute approximate surface area is 175 Å². The van der Waals surface area contributed by atoms with Gasteiger partial charge in [-0.2, -0.15) is 0 Å². The molecule has 8 nitrogen and oxygen atoms in total. The van der Waals surface area contributed by atoms with E-state index in [0.29, 0.717) is 6.54 Å². The zero-order valence-corrected chi connectivity index (χ0v) is 16.8. The van der Waals surface area contributed by atoms with Crippen molar-refractivity contribution < 1.29 is 14.0 Å². The minimum Gasteiger partial charge on any atom is -0.454 e. The first-order chi connectivity index (χ1) is 14.8. The van der Waals surface area contributed by atoms with Crippen LogP contribution in [0.15, 0.2) is 53.2 Å². The van der Waals surface area contributed by atoms with Crippen LogP contribution in [0, 0.1) is 0 Å². The third-order valence-electron chi connectivity index (χ3n) is 5.48. The fourth-order valence-corrected chi connectivity index (χ4v) is 3.78. The number of hydrogen-bond acceptors (Lipinski definition) is 8. The lowest BCUT2D eigenvalue weighted by molar-refractivity contribution is 0.174. The normalized spacial score (nSPS) is 16.2. The van der Waals surface area contributed by atoms with Crippen LogP contribution in [0.3, 0.4) is 0 Å². The fraction of sp³-hybridized carbons (Fsp3) is 0.364. The van der Waals surface area contributed by atoms with Crippen molar-refractivity contribution in [3.8, 4) is 22.8 Å². The predicted octanol–water partition coefficient (Wildman–Crippen LogP) is 2.38. The third-order valence-corrected chi connectivity index (χ3v) is 5.48. The number of fused-ring (bicyclic) bond motifs is 1. The number of benzene rings is 1. The summed E-state index contributed by atoms with van der Waals surface area (Å²) in [5, 5.41) is 7.64. The van der Waals surface area contributed by atoms with Crippen molar-refractivity contribution in [1.29, 1.82) is 0 Å². The summed E-state index contributed by atoms with van der Waals surface area (Å²) in [6.07, 6.45) is 1.85. The summed E-state index contributed by atoms with van der Waals surface area (Å²) in [4.78, 5) is 9.26. The average Bonchev–Trinajstić information content (AvgIpc) is 3.47. The van der Waals surface area contributed by atoms with Gasteiger partial charge in [0.05, 0.1) is 6.54 Å². The maximum Gasteiger partial charge on any atom is 0.231 e. The summed E-state index contributed by atoms with van der Waals surface area (Å²) in [5.41, 5.74) is 1.76. The van der Waals surface area contributed by atoms with Crippen LogP contribution in [0.5, 0.6) is 11.5 Å². The minimum absolute atomic E-state index is 0.269. The third kappa shape index (κ3) is 4.24. The SMILES string of the molecule is c1ccc(N2CCN(CCNCc3cc(-c4ccc5c(c4)OCO5)no3)CC2)nc1. The molecular formula is C22H25N5O3. The van der Waals surface area contributed by atoms with Crippen molar-refractivity contribution in [3.63, 3.8) is 0 Å². The molecule has 156 valence electrons. The molecule has 2 aromatic heterocycles. The molecule has 0 aliphatic carbocycles. The van der Waals surface area contributed by atoms with E-state index in [-0.39, 0.29) is 6.79 Å². The van der Waals surface area contributed by atoms with Gasteiger partial charge in [0, 0.05) is 57.1 Å². The fourth-order valence-electron chi connectivity index (χ4n) is 3.78. The molecule has 1 fully saturated rings. The lowest BCUT2D eigenvalue weighted by atomic mass is 10.1. The van der Waals surface area contributed by atoms with Gasteiger partial charge in [-0.05, 0) is 30.3 Å². The van der Waals surface area contributed by atoms with E-state index in [2.05, 4.69) is 31.3 Å². The van der Waals surface area contributed by atoms with E-state index in [9.17, 15) is 0 Å². The molecule has 0 amide bonds. The number of ether oxygens (including phenoxy) is 2. The molecule has 5 rings (SSSR count). The van der Waals surface area contributed by atoms with Crippen LogP contribution in [0.25, 0.3) is 11.3 Å². The lowest BCUT2D eigenvalue weighted by Crippen LogP contribution is -2.48. The van der Waals surface area contributed by atoms with Gasteiger partial charge in [0.2, 0.25) is 6.79 Å². The molecule has 3 aromatic rings. The minimum atomic E-state index is 0.269. The molecule has 0 radical (unpaired) electrons. The second-order valence-corrected chi connectivity index (χ2v) is 7.44. The van der Waals surface area contributed by atoms with Gasteiger partial charge >= 0.3 is 0 Å². The Hall–Kier alpha value is -3.10. The largest absolute Gasteiger partial charge is 0.454 e. The van der Waals surface area contributed by atoms with Gasteiger partial charge in [0.1, 0.15) is 11.5 Å². The number of rotatable bonds is 7. The molecule has 0 atom stereocenters. The summed E-state index contributed by atoms with van der Waals surface area (Å²) in [5.74, 6) is 3.41. The monoisotopic (exact) mass is 407 g/mol. The van der Waals surface area contributed by atoms with E-state index in [1.54, 1.807) is 0 Å². The number of hydrogen-bond donors (Lipinski definition) is 1. The van der Waals surface area contributed by atoms with Crippen LogP contribution >= 0.6 is 0 Å². The van der Waals surface area contributed by atoms with Gasteiger partial charge < -0.3 is 24.2 Å². The van der Waals surface area contributed by atoms with Crippen LogP contribution in [0.2, 0.25) is 0 Å². The molecule has 0 spiro atoms. The highest BCUT2D eigenvalue weighted by molar-refractivity contribution is 5.64. The van der Waals surface area contributed by atoms with Crippen molar-refractivity contribution >= 4 is 5.82 Å². The van der Waals surface area contributed by atoms with Gasteiger partial charge in [-0.15, -0.1) is 0 Å². The quantitative estimate of drug-likeness (QED) is 0.599. The molecule has 1 saturated heterocycles. The Morgan fingerprint density at radius 2 is 1.87 bits per heavy atom. The number of piperazine rings is 1. The van der Waals surface area contributed by atoms with Crippen LogP contribution in [-0.2, 0) is 6.54 Å². The number of pyridine rings is 1. The maximum atomic E-state index is 5.48. The van der Waals surface area contributed by atoms with Gasteiger partial charge in [0.15, 0.2) is 17.3 Å². The Morgan fingerprint density at radius 1 is 0.967 bits per heavy atom. The lowest BCUT2D eigenvalue weighted by Gasteiger charge is -2.35. The Balaban J connectivity index is 1.05. The number of aromatic nitrogens is 2. The van der Waals surface area contributed by atoms with E-state index in [1.165, 1.54) is 0 Å². The van der Waals surface area contributed by atoms with Crippen molar-refractivity contribution in [2.24, 2.45) is 0 Å². The molecule has 8 heteroatoms. The smallest absolute Gasteiger partial charge is 0.231 e. The van der Waals surface area contributed by atoms with Crippen LogP contribution in [0.1, 0.15) is 5.76 Å². The van der Waals surface area contributed by atoms with E-state index >= 15 is 0 Å². The molecule has 1 N–H and O–H groups in total. The number of anilines is 1. The summed E-state index contributed by atoms with van der Waals surface area (Å²) in [6, 6.07) is 13.8. The Morgan fingerprint density at radius 3 is 2.73 bits per heavy atom. The number of nitrogens with one attached hydrogen (secondary N) is 1. The van der Waals surface area contributed by atoms with Crippen molar-refractivity contribution in [1.82, 2.24) is 20.4 Å². The number of nitrogens with zero attached hydrogens (tertiary/aromatic N) is 4. The highest BCUT2D eigenvalue weighted by Crippen LogP contribution is 2.35. The highest BCUT2D eigenvalue weighted by atomic mass is 16.7. The van der Waals surface area contributed by atoms with Crippen LogP contribution < -0.4 is 19.7 Å². The Bertz CT molecular complexity index is 970. The molecule has 0 bridgehead atoms. The van der Waals surface area contributed by atoms with Crippen molar-refractivity contribution in [3.05, 3.63) is 54.4 Å². The van der Waals surface area contributed by atoms with E-state index in [1.807, 2.05) is 42.6 Å². The topological polar surface area (TPSA) is 75.9 Å². The van der Waals surface area contributed by atoms with Crippen LogP contribution in [-0.4, -0.2) is 61.1 Å². The summed E-state index contributed by atoms with van der Waals surface area (Å²) >= 11 is 0. The molecule has 0 saturated carbocycles. The molecule has 0 unspecified atom stereocenters. The first-order valence-electron chi connectivity index (χ1n) is 10.3. The maximum absolute atomic E-state index is 5.48. The first-order valence-corrected chi connectivity index (χ1v) is 10.3. The highest BCUT2D eigenvalue weighted by Gasteiger charge is 2.18. The zero-order valence-electron chi connectivity index (χ0n) is 16.8. The molecule has 2 aliphatic heterocycles. The van der Waals surface area contributed by atoms with Gasteiger partial charge in [0.25, 0.3) is 0 Å².